The third kappa shape index (κ3) is 3.57. The molecule has 2 heteroatoms. The van der Waals surface area contributed by atoms with Crippen LogP contribution in [-0.4, -0.2) is 0 Å². The molecule has 196 valence electrons. The van der Waals surface area contributed by atoms with Crippen molar-refractivity contribution in [1.82, 2.24) is 0 Å². The molecule has 6 aromatic carbocycles. The summed E-state index contributed by atoms with van der Waals surface area (Å²) in [6.07, 6.45) is 0. The predicted octanol–water partition coefficient (Wildman–Crippen LogP) is 11.0. The predicted molar refractivity (Wildman–Crippen MR) is 171 cm³/mol. The number of para-hydroxylation sites is 2. The third-order valence-electron chi connectivity index (χ3n) is 8.68. The number of nitrogens with zero attached hydrogens (tertiary/aromatic N) is 1. The van der Waals surface area contributed by atoms with E-state index in [4.69, 9.17) is 4.42 Å². The van der Waals surface area contributed by atoms with Crippen LogP contribution in [0.4, 0.5) is 17.1 Å². The van der Waals surface area contributed by atoms with E-state index in [9.17, 15) is 0 Å². The van der Waals surface area contributed by atoms with E-state index in [0.717, 1.165) is 39.0 Å². The van der Waals surface area contributed by atoms with Crippen LogP contribution in [0.15, 0.2) is 144 Å². The molecule has 2 nitrogen and oxygen atoms in total. The molecule has 0 aliphatic heterocycles. The molecule has 8 rings (SSSR count). The lowest BCUT2D eigenvalue weighted by Gasteiger charge is -2.25. The maximum Gasteiger partial charge on any atom is 0.159 e. The molecule has 1 heterocycles. The van der Waals surface area contributed by atoms with Gasteiger partial charge in [0.15, 0.2) is 5.58 Å². The second kappa shape index (κ2) is 8.97. The van der Waals surface area contributed by atoms with Crippen molar-refractivity contribution in [3.8, 4) is 22.3 Å². The molecule has 0 saturated carbocycles. The fourth-order valence-electron chi connectivity index (χ4n) is 6.64. The second-order valence-corrected chi connectivity index (χ2v) is 11.4. The highest BCUT2D eigenvalue weighted by Crippen LogP contribution is 2.53. The smallest absolute Gasteiger partial charge is 0.159 e. The van der Waals surface area contributed by atoms with Gasteiger partial charge in [-0.25, -0.2) is 0 Å². The Morgan fingerprint density at radius 1 is 0.488 bits per heavy atom. The van der Waals surface area contributed by atoms with Crippen molar-refractivity contribution in [2.24, 2.45) is 0 Å². The summed E-state index contributed by atoms with van der Waals surface area (Å²) in [7, 11) is 0. The van der Waals surface area contributed by atoms with Crippen LogP contribution in [0.3, 0.4) is 0 Å². The summed E-state index contributed by atoms with van der Waals surface area (Å²) in [4.78, 5) is 2.30. The first-order valence-corrected chi connectivity index (χ1v) is 14.2. The number of hydrogen-bond donors (Lipinski definition) is 0. The van der Waals surface area contributed by atoms with Gasteiger partial charge in [0, 0.05) is 33.1 Å². The standard InChI is InChI=1S/C39H29NO/c1-39(2)33-18-10-9-16-32(33)36-34(39)25-24-31-30-17-11-19-35(37(30)41-38(31)36)40(28-14-7-4-8-15-28)29-22-20-27(21-23-29)26-12-5-3-6-13-26/h3-25H,1-2H3. The topological polar surface area (TPSA) is 16.4 Å². The van der Waals surface area contributed by atoms with Crippen molar-refractivity contribution < 1.29 is 4.42 Å². The maximum atomic E-state index is 6.95. The minimum Gasteiger partial charge on any atom is -0.453 e. The van der Waals surface area contributed by atoms with Gasteiger partial charge in [-0.2, -0.15) is 0 Å². The Balaban J connectivity index is 1.35. The monoisotopic (exact) mass is 527 g/mol. The quantitative estimate of drug-likeness (QED) is 0.226. The van der Waals surface area contributed by atoms with E-state index in [0.29, 0.717) is 0 Å². The Morgan fingerprint density at radius 2 is 1.12 bits per heavy atom. The fraction of sp³-hybridized carbons (Fsp3) is 0.0769. The zero-order valence-electron chi connectivity index (χ0n) is 23.1. The average Bonchev–Trinajstić information content (AvgIpc) is 3.52. The highest BCUT2D eigenvalue weighted by molar-refractivity contribution is 6.15. The van der Waals surface area contributed by atoms with Gasteiger partial charge in [0.2, 0.25) is 0 Å². The molecular formula is C39H29NO. The van der Waals surface area contributed by atoms with Crippen LogP contribution in [-0.2, 0) is 5.41 Å². The van der Waals surface area contributed by atoms with Gasteiger partial charge in [0.05, 0.1) is 5.69 Å². The van der Waals surface area contributed by atoms with E-state index >= 15 is 0 Å². The van der Waals surface area contributed by atoms with Gasteiger partial charge >= 0.3 is 0 Å². The molecular weight excluding hydrogens is 498 g/mol. The van der Waals surface area contributed by atoms with Crippen molar-refractivity contribution in [2.75, 3.05) is 4.90 Å². The lowest BCUT2D eigenvalue weighted by molar-refractivity contribution is 0.653. The maximum absolute atomic E-state index is 6.95. The number of hydrogen-bond acceptors (Lipinski definition) is 2. The summed E-state index contributed by atoms with van der Waals surface area (Å²) in [6, 6.07) is 49.7. The Bertz CT molecular complexity index is 2050. The molecule has 1 aliphatic carbocycles. The van der Waals surface area contributed by atoms with Crippen molar-refractivity contribution in [3.05, 3.63) is 151 Å². The molecule has 0 fully saturated rings. The van der Waals surface area contributed by atoms with Crippen LogP contribution >= 0.6 is 0 Å². The number of anilines is 3. The van der Waals surface area contributed by atoms with Crippen LogP contribution in [0, 0.1) is 0 Å². The van der Waals surface area contributed by atoms with Gasteiger partial charge in [0.1, 0.15) is 5.58 Å². The van der Waals surface area contributed by atoms with E-state index < -0.39 is 0 Å². The summed E-state index contributed by atoms with van der Waals surface area (Å²) in [5.41, 5.74) is 12.6. The van der Waals surface area contributed by atoms with E-state index in [2.05, 4.69) is 158 Å². The van der Waals surface area contributed by atoms with E-state index in [1.807, 2.05) is 0 Å². The third-order valence-corrected chi connectivity index (χ3v) is 8.68. The van der Waals surface area contributed by atoms with Crippen LogP contribution in [0.1, 0.15) is 25.0 Å². The second-order valence-electron chi connectivity index (χ2n) is 11.4. The number of benzene rings is 6. The Hall–Kier alpha value is -5.08. The van der Waals surface area contributed by atoms with Crippen LogP contribution in [0.25, 0.3) is 44.2 Å². The fourth-order valence-corrected chi connectivity index (χ4v) is 6.64. The number of fused-ring (bicyclic) bond motifs is 7. The van der Waals surface area contributed by atoms with Gasteiger partial charge in [-0.3, -0.25) is 0 Å². The minimum atomic E-state index is -0.0709. The van der Waals surface area contributed by atoms with Crippen molar-refractivity contribution in [1.29, 1.82) is 0 Å². The first-order valence-electron chi connectivity index (χ1n) is 14.2. The summed E-state index contributed by atoms with van der Waals surface area (Å²) in [5.74, 6) is 0. The first kappa shape index (κ1) is 23.8. The molecule has 1 aromatic heterocycles. The van der Waals surface area contributed by atoms with Crippen molar-refractivity contribution in [2.45, 2.75) is 19.3 Å². The summed E-state index contributed by atoms with van der Waals surface area (Å²) < 4.78 is 6.95. The average molecular weight is 528 g/mol. The van der Waals surface area contributed by atoms with Crippen molar-refractivity contribution in [3.63, 3.8) is 0 Å². The molecule has 1 aliphatic rings. The molecule has 0 radical (unpaired) electrons. The normalized spacial score (nSPS) is 13.3. The summed E-state index contributed by atoms with van der Waals surface area (Å²) in [6.45, 7) is 4.63. The Morgan fingerprint density at radius 3 is 1.90 bits per heavy atom. The van der Waals surface area contributed by atoms with E-state index in [1.165, 1.54) is 33.4 Å². The molecule has 0 spiro atoms. The molecule has 0 bridgehead atoms. The van der Waals surface area contributed by atoms with Gasteiger partial charge in [0.25, 0.3) is 0 Å². The lowest BCUT2D eigenvalue weighted by atomic mass is 9.82. The molecule has 0 N–H and O–H groups in total. The van der Waals surface area contributed by atoms with Gasteiger partial charge in [-0.05, 0) is 58.1 Å². The summed E-state index contributed by atoms with van der Waals surface area (Å²) >= 11 is 0. The molecule has 0 unspecified atom stereocenters. The Labute approximate surface area is 240 Å². The molecule has 0 amide bonds. The molecule has 41 heavy (non-hydrogen) atoms. The summed E-state index contributed by atoms with van der Waals surface area (Å²) in [5, 5.41) is 2.28. The van der Waals surface area contributed by atoms with Gasteiger partial charge < -0.3 is 9.32 Å². The van der Waals surface area contributed by atoms with Crippen LogP contribution in [0.5, 0.6) is 0 Å². The van der Waals surface area contributed by atoms with Gasteiger partial charge in [-0.15, -0.1) is 0 Å². The molecule has 0 atom stereocenters. The van der Waals surface area contributed by atoms with Crippen molar-refractivity contribution >= 4 is 39.0 Å². The van der Waals surface area contributed by atoms with Crippen LogP contribution < -0.4 is 4.90 Å². The lowest BCUT2D eigenvalue weighted by Crippen LogP contribution is -2.14. The zero-order valence-corrected chi connectivity index (χ0v) is 23.1. The van der Waals surface area contributed by atoms with Crippen LogP contribution in [0.2, 0.25) is 0 Å². The molecule has 0 saturated heterocycles. The zero-order chi connectivity index (χ0) is 27.6. The highest BCUT2D eigenvalue weighted by Gasteiger charge is 2.37. The molecule has 7 aromatic rings. The number of furan rings is 1. The minimum absolute atomic E-state index is 0.0709. The Kier molecular flexibility index (Phi) is 5.20. The van der Waals surface area contributed by atoms with E-state index in [-0.39, 0.29) is 5.41 Å². The van der Waals surface area contributed by atoms with E-state index in [1.54, 1.807) is 0 Å². The SMILES string of the molecule is CC1(C)c2ccccc2-c2c1ccc1c2oc2c(N(c3ccccc3)c3ccc(-c4ccccc4)cc3)cccc21. The largest absolute Gasteiger partial charge is 0.453 e. The first-order chi connectivity index (χ1) is 20.1. The highest BCUT2D eigenvalue weighted by atomic mass is 16.3. The number of rotatable bonds is 4. The van der Waals surface area contributed by atoms with Gasteiger partial charge in [-0.1, -0.05) is 123 Å².